The average molecular weight is 314 g/mol. The Kier molecular flexibility index (Phi) is 5.83. The molecule has 0 aromatic carbocycles. The number of amides is 1. The number of Topliss-reactive ketones (excluding diaryl/α,β-unsaturated/α-hetero) is 1. The van der Waals surface area contributed by atoms with Crippen LogP contribution >= 0.6 is 11.3 Å². The monoisotopic (exact) mass is 314 g/mol. The summed E-state index contributed by atoms with van der Waals surface area (Å²) in [4.78, 5) is 38.7. The molecule has 0 radical (unpaired) electrons. The molecule has 116 valence electrons. The van der Waals surface area contributed by atoms with Crippen molar-refractivity contribution >= 4 is 34.3 Å². The molecule has 0 saturated carbocycles. The number of thiazole rings is 1. The van der Waals surface area contributed by atoms with Gasteiger partial charge in [-0.25, -0.2) is 9.78 Å². The second kappa shape index (κ2) is 7.16. The van der Waals surface area contributed by atoms with Crippen molar-refractivity contribution in [3.05, 3.63) is 11.1 Å². The highest BCUT2D eigenvalue weighted by atomic mass is 32.1. The molecule has 21 heavy (non-hydrogen) atoms. The van der Waals surface area contributed by atoms with Crippen LogP contribution in [0.2, 0.25) is 0 Å². The molecule has 1 aromatic heterocycles. The number of carbonyl (C=O) groups excluding carboxylic acids is 3. The van der Waals surface area contributed by atoms with Gasteiger partial charge in [-0.1, -0.05) is 11.3 Å². The molecule has 1 heterocycles. The SMILES string of the molecule is CCOC(=O)CC(=O)c1cnc(NC(=O)OC(C)(C)C)s1. The van der Waals surface area contributed by atoms with Crippen LogP contribution in [-0.2, 0) is 14.3 Å². The average Bonchev–Trinajstić information content (AvgIpc) is 2.74. The number of nitrogens with zero attached hydrogens (tertiary/aromatic N) is 1. The van der Waals surface area contributed by atoms with Crippen LogP contribution in [0.1, 0.15) is 43.8 Å². The van der Waals surface area contributed by atoms with Gasteiger partial charge < -0.3 is 9.47 Å². The van der Waals surface area contributed by atoms with Gasteiger partial charge in [0.15, 0.2) is 10.9 Å². The zero-order valence-corrected chi connectivity index (χ0v) is 13.2. The molecular weight excluding hydrogens is 296 g/mol. The minimum Gasteiger partial charge on any atom is -0.466 e. The van der Waals surface area contributed by atoms with E-state index in [0.717, 1.165) is 11.3 Å². The fourth-order valence-corrected chi connectivity index (χ4v) is 2.02. The summed E-state index contributed by atoms with van der Waals surface area (Å²) in [5.74, 6) is -0.985. The molecule has 1 rings (SSSR count). The first-order valence-electron chi connectivity index (χ1n) is 6.36. The van der Waals surface area contributed by atoms with E-state index in [1.807, 2.05) is 0 Å². The largest absolute Gasteiger partial charge is 0.466 e. The maximum Gasteiger partial charge on any atom is 0.413 e. The minimum absolute atomic E-state index is 0.222. The molecule has 0 aliphatic rings. The van der Waals surface area contributed by atoms with Crippen molar-refractivity contribution in [3.8, 4) is 0 Å². The van der Waals surface area contributed by atoms with E-state index < -0.39 is 23.4 Å². The van der Waals surface area contributed by atoms with Gasteiger partial charge >= 0.3 is 12.1 Å². The number of carbonyl (C=O) groups is 3. The summed E-state index contributed by atoms with van der Waals surface area (Å²) in [5.41, 5.74) is -0.621. The van der Waals surface area contributed by atoms with Crippen LogP contribution in [0, 0.1) is 0 Å². The molecule has 0 unspecified atom stereocenters. The molecule has 0 atom stereocenters. The van der Waals surface area contributed by atoms with E-state index in [-0.39, 0.29) is 23.0 Å². The third-order valence-electron chi connectivity index (χ3n) is 2.00. The zero-order chi connectivity index (χ0) is 16.0. The lowest BCUT2D eigenvalue weighted by Crippen LogP contribution is -2.27. The van der Waals surface area contributed by atoms with Crippen LogP contribution in [0.25, 0.3) is 0 Å². The van der Waals surface area contributed by atoms with Crippen LogP contribution in [-0.4, -0.2) is 35.0 Å². The van der Waals surface area contributed by atoms with E-state index in [1.165, 1.54) is 6.20 Å². The number of esters is 1. The number of rotatable bonds is 5. The van der Waals surface area contributed by atoms with E-state index >= 15 is 0 Å². The van der Waals surface area contributed by atoms with Gasteiger partial charge in [0, 0.05) is 0 Å². The predicted octanol–water partition coefficient (Wildman–Crippen LogP) is 2.63. The number of nitrogens with one attached hydrogen (secondary N) is 1. The van der Waals surface area contributed by atoms with Crippen LogP contribution in [0.3, 0.4) is 0 Å². The molecule has 0 aliphatic carbocycles. The van der Waals surface area contributed by atoms with E-state index in [0.29, 0.717) is 0 Å². The van der Waals surface area contributed by atoms with Gasteiger partial charge in [0.25, 0.3) is 0 Å². The Morgan fingerprint density at radius 3 is 2.57 bits per heavy atom. The molecule has 0 bridgehead atoms. The predicted molar refractivity (Wildman–Crippen MR) is 77.6 cm³/mol. The first-order valence-corrected chi connectivity index (χ1v) is 7.17. The lowest BCUT2D eigenvalue weighted by atomic mass is 10.2. The Bertz CT molecular complexity index is 533. The molecule has 0 fully saturated rings. The van der Waals surface area contributed by atoms with Gasteiger partial charge in [-0.05, 0) is 27.7 Å². The van der Waals surface area contributed by atoms with Gasteiger partial charge in [0.1, 0.15) is 12.0 Å². The summed E-state index contributed by atoms with van der Waals surface area (Å²) in [6.45, 7) is 7.10. The molecule has 1 amide bonds. The highest BCUT2D eigenvalue weighted by Gasteiger charge is 2.19. The van der Waals surface area contributed by atoms with Crippen molar-refractivity contribution in [2.24, 2.45) is 0 Å². The molecule has 0 spiro atoms. The number of anilines is 1. The first kappa shape index (κ1) is 17.1. The van der Waals surface area contributed by atoms with Crippen LogP contribution in [0.4, 0.5) is 9.93 Å². The Balaban J connectivity index is 2.59. The minimum atomic E-state index is -0.652. The number of hydrogen-bond donors (Lipinski definition) is 1. The molecule has 0 saturated heterocycles. The summed E-state index contributed by atoms with van der Waals surface area (Å²) < 4.78 is 9.76. The zero-order valence-electron chi connectivity index (χ0n) is 12.4. The second-order valence-corrected chi connectivity index (χ2v) is 6.09. The van der Waals surface area contributed by atoms with Gasteiger partial charge in [0.05, 0.1) is 17.7 Å². The maximum absolute atomic E-state index is 11.8. The van der Waals surface area contributed by atoms with E-state index in [1.54, 1.807) is 27.7 Å². The highest BCUT2D eigenvalue weighted by Crippen LogP contribution is 2.20. The third kappa shape index (κ3) is 6.35. The normalized spacial score (nSPS) is 10.9. The van der Waals surface area contributed by atoms with Crippen molar-refractivity contribution in [3.63, 3.8) is 0 Å². The number of ketones is 1. The Hall–Kier alpha value is -1.96. The fourth-order valence-electron chi connectivity index (χ4n) is 1.28. The summed E-state index contributed by atoms with van der Waals surface area (Å²) >= 11 is 0.975. The van der Waals surface area contributed by atoms with E-state index in [9.17, 15) is 14.4 Å². The van der Waals surface area contributed by atoms with Crippen molar-refractivity contribution in [2.45, 2.75) is 39.7 Å². The smallest absolute Gasteiger partial charge is 0.413 e. The Labute approximate surface area is 126 Å². The van der Waals surface area contributed by atoms with E-state index in [2.05, 4.69) is 10.3 Å². The Morgan fingerprint density at radius 1 is 1.33 bits per heavy atom. The molecule has 1 aromatic rings. The van der Waals surface area contributed by atoms with Crippen LogP contribution in [0.5, 0.6) is 0 Å². The molecule has 8 heteroatoms. The topological polar surface area (TPSA) is 94.6 Å². The summed E-state index contributed by atoms with van der Waals surface area (Å²) in [6.07, 6.45) is 0.308. The lowest BCUT2D eigenvalue weighted by molar-refractivity contribution is -0.141. The maximum atomic E-state index is 11.8. The molecule has 0 aliphatic heterocycles. The van der Waals surface area contributed by atoms with Gasteiger partial charge in [-0.3, -0.25) is 14.9 Å². The van der Waals surface area contributed by atoms with Crippen LogP contribution < -0.4 is 5.32 Å². The van der Waals surface area contributed by atoms with Gasteiger partial charge in [-0.15, -0.1) is 0 Å². The second-order valence-electron chi connectivity index (χ2n) is 5.06. The van der Waals surface area contributed by atoms with E-state index in [4.69, 9.17) is 9.47 Å². The number of hydrogen-bond acceptors (Lipinski definition) is 7. The quantitative estimate of drug-likeness (QED) is 0.510. The highest BCUT2D eigenvalue weighted by molar-refractivity contribution is 7.17. The number of aromatic nitrogens is 1. The molecule has 7 nitrogen and oxygen atoms in total. The first-order chi connectivity index (χ1) is 9.71. The summed E-state index contributed by atoms with van der Waals surface area (Å²) in [6, 6.07) is 0. The van der Waals surface area contributed by atoms with Crippen molar-refractivity contribution in [1.29, 1.82) is 0 Å². The summed E-state index contributed by atoms with van der Waals surface area (Å²) in [5, 5.41) is 2.66. The van der Waals surface area contributed by atoms with Gasteiger partial charge in [-0.2, -0.15) is 0 Å². The van der Waals surface area contributed by atoms with Crippen LogP contribution in [0.15, 0.2) is 6.20 Å². The molecule has 1 N–H and O–H groups in total. The Morgan fingerprint density at radius 2 is 2.00 bits per heavy atom. The number of ether oxygens (including phenoxy) is 2. The van der Waals surface area contributed by atoms with Crippen molar-refractivity contribution in [2.75, 3.05) is 11.9 Å². The standard InChI is InChI=1S/C13H18N2O5S/c1-5-19-10(17)6-8(16)9-7-14-11(21-9)15-12(18)20-13(2,3)4/h7H,5-6H2,1-4H3,(H,14,15,18). The summed E-state index contributed by atoms with van der Waals surface area (Å²) in [7, 11) is 0. The van der Waals surface area contributed by atoms with Crippen molar-refractivity contribution < 1.29 is 23.9 Å². The lowest BCUT2D eigenvalue weighted by Gasteiger charge is -2.18. The third-order valence-corrected chi connectivity index (χ3v) is 2.95. The fraction of sp³-hybridized carbons (Fsp3) is 0.538. The molecular formula is C13H18N2O5S. The van der Waals surface area contributed by atoms with Crippen molar-refractivity contribution in [1.82, 2.24) is 4.98 Å². The van der Waals surface area contributed by atoms with Gasteiger partial charge in [0.2, 0.25) is 0 Å².